The molecule has 13 aromatic rings. The van der Waals surface area contributed by atoms with Gasteiger partial charge < -0.3 is 8.83 Å². The molecular weight excluding hydrogens is 675 g/mol. The summed E-state index contributed by atoms with van der Waals surface area (Å²) in [6.07, 6.45) is 0. The second-order valence-corrected chi connectivity index (χ2v) is 14.4. The number of hydrogen-bond donors (Lipinski definition) is 0. The molecule has 0 bridgehead atoms. The van der Waals surface area contributed by atoms with E-state index < -0.39 is 0 Å². The maximum atomic E-state index is 6.62. The zero-order chi connectivity index (χ0) is 35.8. The van der Waals surface area contributed by atoms with Crippen molar-refractivity contribution in [2.75, 3.05) is 0 Å². The van der Waals surface area contributed by atoms with E-state index in [1.807, 2.05) is 18.2 Å². The van der Waals surface area contributed by atoms with E-state index in [9.17, 15) is 0 Å². The Balaban J connectivity index is 1.22. The highest BCUT2D eigenvalue weighted by Gasteiger charge is 2.24. The highest BCUT2D eigenvalue weighted by molar-refractivity contribution is 6.36. The topological polar surface area (TPSA) is 57.0 Å². The molecule has 0 atom stereocenters. The molecule has 0 spiro atoms. The van der Waals surface area contributed by atoms with Gasteiger partial charge >= 0.3 is 0 Å². The molecule has 0 amide bonds. The summed E-state index contributed by atoms with van der Waals surface area (Å²) in [5, 5.41) is 14.5. The first-order valence-corrected chi connectivity index (χ1v) is 18.6. The Labute approximate surface area is 312 Å². The maximum absolute atomic E-state index is 6.62. The normalized spacial score (nSPS) is 12.4. The number of aromatic nitrogens is 3. The first-order valence-electron chi connectivity index (χ1n) is 18.6. The van der Waals surface area contributed by atoms with Crippen molar-refractivity contribution in [1.29, 1.82) is 0 Å². The first kappa shape index (κ1) is 29.0. The third-order valence-electron chi connectivity index (χ3n) is 11.6. The molecule has 4 aromatic heterocycles. The van der Waals surface area contributed by atoms with Gasteiger partial charge in [-0.2, -0.15) is 0 Å². The van der Waals surface area contributed by atoms with E-state index in [1.165, 1.54) is 0 Å². The van der Waals surface area contributed by atoms with Gasteiger partial charge in [-0.1, -0.05) is 121 Å². The Morgan fingerprint density at radius 3 is 1.95 bits per heavy atom. The summed E-state index contributed by atoms with van der Waals surface area (Å²) in [6.45, 7) is 0. The molecule has 4 heterocycles. The molecule has 254 valence electrons. The molecule has 5 heteroatoms. The van der Waals surface area contributed by atoms with Crippen molar-refractivity contribution in [2.24, 2.45) is 0 Å². The van der Waals surface area contributed by atoms with Crippen molar-refractivity contribution in [3.8, 4) is 17.2 Å². The summed E-state index contributed by atoms with van der Waals surface area (Å²) < 4.78 is 15.2. The molecule has 0 aliphatic rings. The summed E-state index contributed by atoms with van der Waals surface area (Å²) in [5.74, 6) is 0.620. The van der Waals surface area contributed by atoms with Gasteiger partial charge in [0.25, 0.3) is 0 Å². The predicted molar refractivity (Wildman–Crippen MR) is 226 cm³/mol. The van der Waals surface area contributed by atoms with Crippen molar-refractivity contribution in [3.63, 3.8) is 0 Å². The number of rotatable bonds is 2. The number of nitrogens with zero attached hydrogens (tertiary/aromatic N) is 3. The van der Waals surface area contributed by atoms with Crippen LogP contribution in [0.2, 0.25) is 0 Å². The molecule has 0 aliphatic heterocycles. The van der Waals surface area contributed by atoms with Gasteiger partial charge in [-0.05, 0) is 64.0 Å². The largest absolute Gasteiger partial charge is 0.456 e. The minimum Gasteiger partial charge on any atom is -0.456 e. The molecule has 0 unspecified atom stereocenters. The fourth-order valence-electron chi connectivity index (χ4n) is 9.22. The van der Waals surface area contributed by atoms with Gasteiger partial charge in [0.05, 0.1) is 22.2 Å². The highest BCUT2D eigenvalue weighted by Crippen LogP contribution is 2.46. The van der Waals surface area contributed by atoms with Gasteiger partial charge in [-0.25, -0.2) is 9.97 Å². The zero-order valence-electron chi connectivity index (χ0n) is 29.2. The van der Waals surface area contributed by atoms with Gasteiger partial charge in [0.15, 0.2) is 0 Å². The molecule has 55 heavy (non-hydrogen) atoms. The van der Waals surface area contributed by atoms with Crippen LogP contribution in [0.3, 0.4) is 0 Å². The Bertz CT molecular complexity index is 3790. The zero-order valence-corrected chi connectivity index (χ0v) is 29.2. The third-order valence-corrected chi connectivity index (χ3v) is 11.6. The minimum atomic E-state index is 0.620. The Hall–Kier alpha value is -7.50. The number of para-hydroxylation sites is 3. The van der Waals surface area contributed by atoms with Crippen LogP contribution in [0.4, 0.5) is 0 Å². The van der Waals surface area contributed by atoms with Crippen LogP contribution in [0.25, 0.3) is 126 Å². The number of hydrogen-bond acceptors (Lipinski definition) is 4. The SMILES string of the molecule is c1ccc2c(c1)ccc1nc(-n3c4ccccc4c4ccc5c6c7ccccc7oc6c6ccccc6c5c43)nc(-c3ccc4oc5ccccc5c4c3)c12. The van der Waals surface area contributed by atoms with Gasteiger partial charge in [-0.15, -0.1) is 0 Å². The van der Waals surface area contributed by atoms with Gasteiger partial charge in [0.2, 0.25) is 5.95 Å². The lowest BCUT2D eigenvalue weighted by Gasteiger charge is -2.15. The van der Waals surface area contributed by atoms with E-state index in [0.717, 1.165) is 120 Å². The quantitative estimate of drug-likeness (QED) is 0.168. The average Bonchev–Trinajstić information content (AvgIpc) is 3.93. The van der Waals surface area contributed by atoms with Crippen LogP contribution in [-0.4, -0.2) is 14.5 Å². The van der Waals surface area contributed by atoms with Crippen LogP contribution in [-0.2, 0) is 0 Å². The summed E-state index contributed by atoms with van der Waals surface area (Å²) in [5.41, 5.74) is 8.41. The van der Waals surface area contributed by atoms with E-state index in [4.69, 9.17) is 18.8 Å². The number of fused-ring (bicyclic) bond motifs is 18. The van der Waals surface area contributed by atoms with Crippen molar-refractivity contribution in [2.45, 2.75) is 0 Å². The van der Waals surface area contributed by atoms with Crippen LogP contribution < -0.4 is 0 Å². The van der Waals surface area contributed by atoms with Crippen molar-refractivity contribution in [3.05, 3.63) is 164 Å². The lowest BCUT2D eigenvalue weighted by molar-refractivity contribution is 0.669. The maximum Gasteiger partial charge on any atom is 0.235 e. The molecule has 0 radical (unpaired) electrons. The Morgan fingerprint density at radius 1 is 0.400 bits per heavy atom. The second-order valence-electron chi connectivity index (χ2n) is 14.4. The molecule has 9 aromatic carbocycles. The number of benzene rings is 9. The molecule has 0 fully saturated rings. The molecule has 0 N–H and O–H groups in total. The van der Waals surface area contributed by atoms with Gasteiger partial charge in [-0.3, -0.25) is 4.57 Å². The van der Waals surface area contributed by atoms with Crippen molar-refractivity contribution < 1.29 is 8.83 Å². The van der Waals surface area contributed by atoms with Crippen LogP contribution in [0.15, 0.2) is 173 Å². The fraction of sp³-hybridized carbons (Fsp3) is 0. The summed E-state index contributed by atoms with van der Waals surface area (Å²) in [7, 11) is 0. The van der Waals surface area contributed by atoms with Gasteiger partial charge in [0.1, 0.15) is 22.3 Å². The summed E-state index contributed by atoms with van der Waals surface area (Å²) in [4.78, 5) is 11.1. The molecule has 5 nitrogen and oxygen atoms in total. The molecule has 0 aliphatic carbocycles. The van der Waals surface area contributed by atoms with Crippen molar-refractivity contribution >= 4 is 109 Å². The second kappa shape index (κ2) is 10.6. The third kappa shape index (κ3) is 3.86. The van der Waals surface area contributed by atoms with Crippen LogP contribution in [0.5, 0.6) is 0 Å². The van der Waals surface area contributed by atoms with E-state index in [1.54, 1.807) is 0 Å². The standard InChI is InChI=1S/C50H27N3O2/c1-2-12-30-28(11-1)21-25-39-46(30)47(29-22-26-43-38(27-29)32-14-6-9-19-41(32)54-43)52-50(51-39)53-40-18-8-5-13-31(40)34-23-24-37-44(48(34)53)33-15-3-4-16-35(33)49-45(37)36-17-7-10-20-42(36)55-49/h1-27H. The average molecular weight is 702 g/mol. The molecular formula is C50H27N3O2. The first-order chi connectivity index (χ1) is 27.3. The van der Waals surface area contributed by atoms with Crippen LogP contribution in [0, 0.1) is 0 Å². The highest BCUT2D eigenvalue weighted by atomic mass is 16.3. The Kier molecular flexibility index (Phi) is 5.57. The van der Waals surface area contributed by atoms with Crippen LogP contribution >= 0.6 is 0 Å². The molecule has 0 saturated carbocycles. The predicted octanol–water partition coefficient (Wildman–Crippen LogP) is 13.7. The lowest BCUT2D eigenvalue weighted by atomic mass is 9.95. The lowest BCUT2D eigenvalue weighted by Crippen LogP contribution is -2.04. The summed E-state index contributed by atoms with van der Waals surface area (Å²) in [6, 6.07) is 57.6. The minimum absolute atomic E-state index is 0.620. The van der Waals surface area contributed by atoms with E-state index in [-0.39, 0.29) is 0 Å². The van der Waals surface area contributed by atoms with E-state index in [2.05, 4.69) is 150 Å². The van der Waals surface area contributed by atoms with Crippen molar-refractivity contribution in [1.82, 2.24) is 14.5 Å². The molecule has 13 rings (SSSR count). The Morgan fingerprint density at radius 2 is 1.07 bits per heavy atom. The smallest absolute Gasteiger partial charge is 0.235 e. The van der Waals surface area contributed by atoms with E-state index >= 15 is 0 Å². The van der Waals surface area contributed by atoms with Crippen LogP contribution in [0.1, 0.15) is 0 Å². The fourth-order valence-corrected chi connectivity index (χ4v) is 9.22. The van der Waals surface area contributed by atoms with E-state index in [0.29, 0.717) is 5.95 Å². The summed E-state index contributed by atoms with van der Waals surface area (Å²) >= 11 is 0. The monoisotopic (exact) mass is 701 g/mol. The molecule has 0 saturated heterocycles. The number of furan rings is 2. The van der Waals surface area contributed by atoms with Gasteiger partial charge in [0, 0.05) is 54.0 Å².